The minimum atomic E-state index is -0.394. The van der Waals surface area contributed by atoms with Gasteiger partial charge in [-0.1, -0.05) is 50.1 Å². The van der Waals surface area contributed by atoms with Gasteiger partial charge in [-0.05, 0) is 18.6 Å². The van der Waals surface area contributed by atoms with Crippen molar-refractivity contribution >= 4 is 16.8 Å². The fourth-order valence-electron chi connectivity index (χ4n) is 2.85. The largest absolute Gasteiger partial charge is 0.327 e. The number of hydrogen-bond acceptors (Lipinski definition) is 2. The van der Waals surface area contributed by atoms with Crippen molar-refractivity contribution in [3.05, 3.63) is 54.0 Å². The Morgan fingerprint density at radius 3 is 3.05 bits per heavy atom. The second kappa shape index (κ2) is 6.26. The highest BCUT2D eigenvalue weighted by Crippen LogP contribution is 2.21. The van der Waals surface area contributed by atoms with Crippen molar-refractivity contribution in [1.82, 2.24) is 9.88 Å². The van der Waals surface area contributed by atoms with Gasteiger partial charge < -0.3 is 4.90 Å². The van der Waals surface area contributed by atoms with Crippen LogP contribution in [0.1, 0.15) is 36.7 Å². The molecule has 0 radical (unpaired) electrons. The highest BCUT2D eigenvalue weighted by atomic mass is 19.1. The van der Waals surface area contributed by atoms with Crippen LogP contribution in [0.4, 0.5) is 4.39 Å². The van der Waals surface area contributed by atoms with Gasteiger partial charge in [-0.2, -0.15) is 0 Å². The molecule has 0 spiro atoms. The maximum Gasteiger partial charge on any atom is 0.273 e. The van der Waals surface area contributed by atoms with Gasteiger partial charge in [-0.25, -0.2) is 9.37 Å². The van der Waals surface area contributed by atoms with Crippen LogP contribution >= 0.6 is 0 Å². The number of rotatable bonds is 4. The highest BCUT2D eigenvalue weighted by Gasteiger charge is 2.26. The molecule has 1 aromatic carbocycles. The number of amides is 1. The molecule has 4 heteroatoms. The standard InChI is InChI=1S/C18H19FN2O/c1-2-3-7-14-8-5-12-21(14)18(22)16-11-10-13-6-4-9-15(19)17(13)20-16/h4-6,8-11,14H,2-3,7,12H2,1H3/t14-/m0/s1. The fourth-order valence-corrected chi connectivity index (χ4v) is 2.85. The molecule has 114 valence electrons. The van der Waals surface area contributed by atoms with Crippen LogP contribution in [0.2, 0.25) is 0 Å². The summed E-state index contributed by atoms with van der Waals surface area (Å²) >= 11 is 0. The van der Waals surface area contributed by atoms with Crippen LogP contribution in [0.15, 0.2) is 42.5 Å². The first kappa shape index (κ1) is 14.7. The molecule has 1 amide bonds. The van der Waals surface area contributed by atoms with Crippen molar-refractivity contribution in [3.63, 3.8) is 0 Å². The lowest BCUT2D eigenvalue weighted by molar-refractivity contribution is 0.0738. The normalized spacial score (nSPS) is 17.4. The van der Waals surface area contributed by atoms with E-state index < -0.39 is 5.82 Å². The zero-order valence-corrected chi connectivity index (χ0v) is 12.6. The lowest BCUT2D eigenvalue weighted by atomic mass is 10.1. The summed E-state index contributed by atoms with van der Waals surface area (Å²) in [5.41, 5.74) is 0.563. The summed E-state index contributed by atoms with van der Waals surface area (Å²) in [6, 6.07) is 8.37. The Kier molecular flexibility index (Phi) is 4.18. The number of nitrogens with zero attached hydrogens (tertiary/aromatic N) is 2. The van der Waals surface area contributed by atoms with Gasteiger partial charge in [0.25, 0.3) is 5.91 Å². The molecule has 1 aliphatic heterocycles. The molecule has 2 aromatic rings. The van der Waals surface area contributed by atoms with Crippen LogP contribution in [0, 0.1) is 5.82 Å². The van der Waals surface area contributed by atoms with Crippen LogP contribution in [-0.2, 0) is 0 Å². The van der Waals surface area contributed by atoms with E-state index in [-0.39, 0.29) is 17.5 Å². The van der Waals surface area contributed by atoms with E-state index >= 15 is 0 Å². The molecular weight excluding hydrogens is 279 g/mol. The Bertz CT molecular complexity index is 726. The molecule has 0 bridgehead atoms. The molecule has 0 aliphatic carbocycles. The lowest BCUT2D eigenvalue weighted by Crippen LogP contribution is -2.36. The number of carbonyl (C=O) groups is 1. The van der Waals surface area contributed by atoms with E-state index in [1.807, 2.05) is 11.0 Å². The van der Waals surface area contributed by atoms with Crippen molar-refractivity contribution < 1.29 is 9.18 Å². The Hall–Kier alpha value is -2.23. The number of benzene rings is 1. The molecule has 22 heavy (non-hydrogen) atoms. The Labute approximate surface area is 129 Å². The molecule has 0 saturated heterocycles. The SMILES string of the molecule is CCCC[C@H]1C=CCN1C(=O)c1ccc2cccc(F)c2n1. The number of hydrogen-bond donors (Lipinski definition) is 0. The Balaban J connectivity index is 1.87. The van der Waals surface area contributed by atoms with Crippen LogP contribution in [0.3, 0.4) is 0 Å². The van der Waals surface area contributed by atoms with Crippen molar-refractivity contribution in [1.29, 1.82) is 0 Å². The molecule has 0 saturated carbocycles. The zero-order chi connectivity index (χ0) is 15.5. The monoisotopic (exact) mass is 298 g/mol. The number of para-hydroxylation sites is 1. The third-order valence-electron chi connectivity index (χ3n) is 4.07. The van der Waals surface area contributed by atoms with Gasteiger partial charge in [0.2, 0.25) is 0 Å². The second-order valence-electron chi connectivity index (χ2n) is 5.60. The average Bonchev–Trinajstić information content (AvgIpc) is 3.00. The quantitative estimate of drug-likeness (QED) is 0.801. The predicted octanol–water partition coefficient (Wildman–Crippen LogP) is 3.94. The van der Waals surface area contributed by atoms with Crippen molar-refractivity contribution in [2.45, 2.75) is 32.2 Å². The van der Waals surface area contributed by atoms with Gasteiger partial charge in [0.15, 0.2) is 0 Å². The number of unbranched alkanes of at least 4 members (excludes halogenated alkanes) is 1. The highest BCUT2D eigenvalue weighted by molar-refractivity contribution is 5.95. The maximum absolute atomic E-state index is 13.9. The van der Waals surface area contributed by atoms with Crippen molar-refractivity contribution in [2.75, 3.05) is 6.54 Å². The lowest BCUT2D eigenvalue weighted by Gasteiger charge is -2.24. The fraction of sp³-hybridized carbons (Fsp3) is 0.333. The smallest absolute Gasteiger partial charge is 0.273 e. The number of aromatic nitrogens is 1. The van der Waals surface area contributed by atoms with Crippen molar-refractivity contribution in [2.24, 2.45) is 0 Å². The van der Waals surface area contributed by atoms with Gasteiger partial charge in [0, 0.05) is 11.9 Å². The Morgan fingerprint density at radius 2 is 2.23 bits per heavy atom. The van der Waals surface area contributed by atoms with E-state index in [2.05, 4.69) is 18.0 Å². The molecule has 1 aromatic heterocycles. The minimum absolute atomic E-state index is 0.128. The van der Waals surface area contributed by atoms with Gasteiger partial charge in [-0.15, -0.1) is 0 Å². The van der Waals surface area contributed by atoms with E-state index in [0.29, 0.717) is 17.6 Å². The number of halogens is 1. The van der Waals surface area contributed by atoms with Gasteiger partial charge in [0.05, 0.1) is 6.04 Å². The topological polar surface area (TPSA) is 33.2 Å². The Morgan fingerprint density at radius 1 is 1.36 bits per heavy atom. The second-order valence-corrected chi connectivity index (χ2v) is 5.60. The van der Waals surface area contributed by atoms with Gasteiger partial charge >= 0.3 is 0 Å². The predicted molar refractivity (Wildman–Crippen MR) is 85.2 cm³/mol. The summed E-state index contributed by atoms with van der Waals surface area (Å²) in [7, 11) is 0. The summed E-state index contributed by atoms with van der Waals surface area (Å²) in [5.74, 6) is -0.523. The maximum atomic E-state index is 13.9. The van der Waals surface area contributed by atoms with Crippen LogP contribution < -0.4 is 0 Å². The summed E-state index contributed by atoms with van der Waals surface area (Å²) in [5, 5.41) is 0.707. The molecule has 0 fully saturated rings. The minimum Gasteiger partial charge on any atom is -0.327 e. The van der Waals surface area contributed by atoms with Crippen LogP contribution in [0.25, 0.3) is 10.9 Å². The van der Waals surface area contributed by atoms with E-state index in [1.165, 1.54) is 6.07 Å². The molecule has 3 rings (SSSR count). The number of pyridine rings is 1. The van der Waals surface area contributed by atoms with E-state index in [9.17, 15) is 9.18 Å². The van der Waals surface area contributed by atoms with Gasteiger partial charge in [0.1, 0.15) is 17.0 Å². The first-order valence-electron chi connectivity index (χ1n) is 7.73. The summed E-state index contributed by atoms with van der Waals surface area (Å²) in [6.07, 6.45) is 7.24. The van der Waals surface area contributed by atoms with Gasteiger partial charge in [-0.3, -0.25) is 4.79 Å². The van der Waals surface area contributed by atoms with E-state index in [0.717, 1.165) is 19.3 Å². The molecule has 0 unspecified atom stereocenters. The summed E-state index contributed by atoms with van der Waals surface area (Å²) in [6.45, 7) is 2.74. The number of carbonyl (C=O) groups excluding carboxylic acids is 1. The van der Waals surface area contributed by atoms with E-state index in [4.69, 9.17) is 0 Å². The molecule has 0 N–H and O–H groups in total. The van der Waals surface area contributed by atoms with Crippen molar-refractivity contribution in [3.8, 4) is 0 Å². The first-order chi connectivity index (χ1) is 10.7. The molecule has 3 nitrogen and oxygen atoms in total. The van der Waals surface area contributed by atoms with Crippen LogP contribution in [-0.4, -0.2) is 28.4 Å². The third-order valence-corrected chi connectivity index (χ3v) is 4.07. The summed E-state index contributed by atoms with van der Waals surface area (Å²) in [4.78, 5) is 18.7. The molecule has 2 heterocycles. The third kappa shape index (κ3) is 2.73. The molecular formula is C18H19FN2O. The number of fused-ring (bicyclic) bond motifs is 1. The molecule has 1 aliphatic rings. The first-order valence-corrected chi connectivity index (χ1v) is 7.73. The van der Waals surface area contributed by atoms with Crippen LogP contribution in [0.5, 0.6) is 0 Å². The van der Waals surface area contributed by atoms with E-state index in [1.54, 1.807) is 24.3 Å². The molecule has 1 atom stereocenters. The average molecular weight is 298 g/mol. The zero-order valence-electron chi connectivity index (χ0n) is 12.6. The summed E-state index contributed by atoms with van der Waals surface area (Å²) < 4.78 is 13.9.